The Morgan fingerprint density at radius 1 is 1.21 bits per heavy atom. The first kappa shape index (κ1) is 14.3. The number of benzene rings is 1. The molecule has 1 aliphatic carbocycles. The number of hydrogen-bond donors (Lipinski definition) is 0. The molecular formula is C16H21NOS. The Morgan fingerprint density at radius 2 is 1.95 bits per heavy atom. The summed E-state index contributed by atoms with van der Waals surface area (Å²) in [5.74, 6) is -0.0526. The van der Waals surface area contributed by atoms with Gasteiger partial charge in [-0.3, -0.25) is 4.21 Å². The van der Waals surface area contributed by atoms with Gasteiger partial charge in [-0.05, 0) is 43.9 Å². The molecule has 102 valence electrons. The molecule has 0 saturated heterocycles. The predicted octanol–water partition coefficient (Wildman–Crippen LogP) is 3.88. The van der Waals surface area contributed by atoms with Crippen molar-refractivity contribution in [3.63, 3.8) is 0 Å². The molecule has 0 heterocycles. The molecule has 0 aliphatic heterocycles. The summed E-state index contributed by atoms with van der Waals surface area (Å²) < 4.78 is 12.9. The van der Waals surface area contributed by atoms with E-state index in [0.29, 0.717) is 0 Å². The molecule has 0 amide bonds. The molecule has 2 rings (SSSR count). The molecule has 3 atom stereocenters. The highest BCUT2D eigenvalue weighted by Crippen LogP contribution is 2.30. The van der Waals surface area contributed by atoms with Crippen LogP contribution >= 0.6 is 0 Å². The summed E-state index contributed by atoms with van der Waals surface area (Å²) in [6.07, 6.45) is 5.17. The van der Waals surface area contributed by atoms with E-state index in [4.69, 9.17) is 0 Å². The zero-order valence-electron chi connectivity index (χ0n) is 11.7. The Labute approximate surface area is 118 Å². The van der Waals surface area contributed by atoms with E-state index in [2.05, 4.69) is 6.07 Å². The van der Waals surface area contributed by atoms with Crippen molar-refractivity contribution in [2.24, 2.45) is 5.92 Å². The summed E-state index contributed by atoms with van der Waals surface area (Å²) >= 11 is 0. The Bertz CT molecular complexity index is 518. The minimum absolute atomic E-state index is 0.00741. The second kappa shape index (κ2) is 6.34. The maximum atomic E-state index is 12.9. The third-order valence-electron chi connectivity index (χ3n) is 3.95. The van der Waals surface area contributed by atoms with Gasteiger partial charge in [-0.25, -0.2) is 0 Å². The molecule has 1 saturated carbocycles. The van der Waals surface area contributed by atoms with Crippen LogP contribution in [0.25, 0.3) is 0 Å². The summed E-state index contributed by atoms with van der Waals surface area (Å²) in [6, 6.07) is 8.48. The minimum atomic E-state index is -1.06. The van der Waals surface area contributed by atoms with Gasteiger partial charge in [-0.1, -0.05) is 31.4 Å². The highest BCUT2D eigenvalue weighted by molar-refractivity contribution is 7.85. The van der Waals surface area contributed by atoms with Crippen LogP contribution in [0, 0.1) is 31.1 Å². The number of nitrogens with zero attached hydrogens (tertiary/aromatic N) is 1. The summed E-state index contributed by atoms with van der Waals surface area (Å²) in [6.45, 7) is 4.03. The molecule has 1 aliphatic rings. The van der Waals surface area contributed by atoms with Crippen molar-refractivity contribution in [1.82, 2.24) is 0 Å². The van der Waals surface area contributed by atoms with Gasteiger partial charge in [-0.15, -0.1) is 0 Å². The van der Waals surface area contributed by atoms with Gasteiger partial charge in [0.25, 0.3) is 0 Å². The lowest BCUT2D eigenvalue weighted by Gasteiger charge is -2.20. The molecule has 1 fully saturated rings. The third kappa shape index (κ3) is 3.25. The Kier molecular flexibility index (Phi) is 4.76. The monoisotopic (exact) mass is 275 g/mol. The minimum Gasteiger partial charge on any atom is -0.254 e. The predicted molar refractivity (Wildman–Crippen MR) is 78.3 cm³/mol. The van der Waals surface area contributed by atoms with Crippen LogP contribution < -0.4 is 0 Å². The van der Waals surface area contributed by atoms with Crippen molar-refractivity contribution in [2.75, 3.05) is 0 Å². The Morgan fingerprint density at radius 3 is 2.68 bits per heavy atom. The fourth-order valence-electron chi connectivity index (χ4n) is 2.76. The van der Waals surface area contributed by atoms with Gasteiger partial charge < -0.3 is 0 Å². The van der Waals surface area contributed by atoms with Crippen LogP contribution in [0.15, 0.2) is 23.1 Å². The second-order valence-corrected chi connectivity index (χ2v) is 7.12. The van der Waals surface area contributed by atoms with Crippen molar-refractivity contribution in [3.8, 4) is 6.07 Å². The molecule has 0 radical (unpaired) electrons. The lowest BCUT2D eigenvalue weighted by atomic mass is 10.0. The lowest BCUT2D eigenvalue weighted by Crippen LogP contribution is -2.24. The van der Waals surface area contributed by atoms with E-state index in [1.807, 2.05) is 32.0 Å². The van der Waals surface area contributed by atoms with Crippen LogP contribution in [0.1, 0.15) is 43.2 Å². The second-order valence-electron chi connectivity index (χ2n) is 5.48. The van der Waals surface area contributed by atoms with Gasteiger partial charge >= 0.3 is 0 Å². The van der Waals surface area contributed by atoms with Crippen LogP contribution in [-0.2, 0) is 10.8 Å². The van der Waals surface area contributed by atoms with Crippen LogP contribution in [0.2, 0.25) is 0 Å². The average molecular weight is 275 g/mol. The molecule has 2 nitrogen and oxygen atoms in total. The fourth-order valence-corrected chi connectivity index (χ4v) is 4.65. The number of nitriles is 1. The molecule has 3 unspecified atom stereocenters. The Balaban J connectivity index is 2.31. The summed E-state index contributed by atoms with van der Waals surface area (Å²) in [5, 5.41) is 9.33. The zero-order valence-corrected chi connectivity index (χ0v) is 12.5. The molecule has 0 bridgehead atoms. The number of hydrogen-bond acceptors (Lipinski definition) is 2. The number of aryl methyl sites for hydroxylation is 2. The van der Waals surface area contributed by atoms with Crippen LogP contribution in [0.4, 0.5) is 0 Å². The Hall–Kier alpha value is -1.14. The molecule has 0 spiro atoms. The van der Waals surface area contributed by atoms with Gasteiger partial charge in [0.1, 0.15) is 0 Å². The number of rotatable bonds is 2. The van der Waals surface area contributed by atoms with Crippen molar-refractivity contribution < 1.29 is 4.21 Å². The van der Waals surface area contributed by atoms with Crippen molar-refractivity contribution in [1.29, 1.82) is 5.26 Å². The molecule has 19 heavy (non-hydrogen) atoms. The summed E-state index contributed by atoms with van der Waals surface area (Å²) in [5.41, 5.74) is 2.21. The molecule has 0 aromatic heterocycles. The molecule has 3 heteroatoms. The van der Waals surface area contributed by atoms with E-state index in [9.17, 15) is 9.47 Å². The highest BCUT2D eigenvalue weighted by atomic mass is 32.2. The molecule has 0 N–H and O–H groups in total. The standard InChI is InChI=1S/C16H21NOS/c1-12-8-9-13(2)16(10-12)19(18)15-7-5-3-4-6-14(15)11-17/h8-10,14-15H,3-7H2,1-2H3. The topological polar surface area (TPSA) is 40.9 Å². The van der Waals surface area contributed by atoms with Crippen LogP contribution in [-0.4, -0.2) is 9.46 Å². The van der Waals surface area contributed by atoms with E-state index in [1.54, 1.807) is 0 Å². The van der Waals surface area contributed by atoms with Gasteiger partial charge in [0.2, 0.25) is 0 Å². The third-order valence-corrected chi connectivity index (χ3v) is 5.94. The van der Waals surface area contributed by atoms with Gasteiger partial charge in [0.15, 0.2) is 0 Å². The highest BCUT2D eigenvalue weighted by Gasteiger charge is 2.30. The first-order valence-corrected chi connectivity index (χ1v) is 8.22. The first-order valence-electron chi connectivity index (χ1n) is 7.01. The SMILES string of the molecule is Cc1ccc(C)c(S(=O)C2CCCCCC2C#N)c1. The summed E-state index contributed by atoms with van der Waals surface area (Å²) in [4.78, 5) is 0.923. The van der Waals surface area contributed by atoms with E-state index in [-0.39, 0.29) is 11.2 Å². The fraction of sp³-hybridized carbons (Fsp3) is 0.562. The normalized spacial score (nSPS) is 25.3. The van der Waals surface area contributed by atoms with Gasteiger partial charge in [0, 0.05) is 4.90 Å². The van der Waals surface area contributed by atoms with Crippen LogP contribution in [0.5, 0.6) is 0 Å². The first-order chi connectivity index (χ1) is 9.13. The largest absolute Gasteiger partial charge is 0.254 e. The quantitative estimate of drug-likeness (QED) is 0.768. The van der Waals surface area contributed by atoms with Crippen molar-refractivity contribution in [3.05, 3.63) is 29.3 Å². The van der Waals surface area contributed by atoms with Crippen molar-refractivity contribution >= 4 is 10.8 Å². The lowest BCUT2D eigenvalue weighted by molar-refractivity contribution is 0.564. The smallest absolute Gasteiger partial charge is 0.0668 e. The molecular weight excluding hydrogens is 254 g/mol. The van der Waals surface area contributed by atoms with E-state index in [0.717, 1.165) is 41.7 Å². The average Bonchev–Trinajstić information content (AvgIpc) is 2.65. The maximum absolute atomic E-state index is 12.9. The van der Waals surface area contributed by atoms with E-state index >= 15 is 0 Å². The summed E-state index contributed by atoms with van der Waals surface area (Å²) in [7, 11) is -1.06. The van der Waals surface area contributed by atoms with Crippen LogP contribution in [0.3, 0.4) is 0 Å². The zero-order chi connectivity index (χ0) is 13.8. The van der Waals surface area contributed by atoms with Gasteiger partial charge in [-0.2, -0.15) is 5.26 Å². The molecule has 1 aromatic rings. The maximum Gasteiger partial charge on any atom is 0.0668 e. The molecule has 1 aromatic carbocycles. The van der Waals surface area contributed by atoms with Gasteiger partial charge in [0.05, 0.1) is 28.0 Å². The van der Waals surface area contributed by atoms with E-state index < -0.39 is 10.8 Å². The van der Waals surface area contributed by atoms with E-state index in [1.165, 1.54) is 6.42 Å². The van der Waals surface area contributed by atoms with Crippen molar-refractivity contribution in [2.45, 2.75) is 56.1 Å².